The highest BCUT2D eigenvalue weighted by molar-refractivity contribution is 7.14. The second kappa shape index (κ2) is 9.60. The fourth-order valence-corrected chi connectivity index (χ4v) is 4.59. The van der Waals surface area contributed by atoms with Crippen LogP contribution in [-0.2, 0) is 17.6 Å². The average Bonchev–Trinajstić information content (AvgIpc) is 3.18. The van der Waals surface area contributed by atoms with E-state index in [1.165, 1.54) is 34.3 Å². The SMILES string of the molecule is CC[C@H]1CCc2sc(C(=O)NNC(=O)/C=C/c3cccc(OC)c3OC)cc2C1. The number of carbonyl (C=O) groups is 2. The largest absolute Gasteiger partial charge is 0.493 e. The molecule has 0 radical (unpaired) electrons. The summed E-state index contributed by atoms with van der Waals surface area (Å²) in [5, 5.41) is 0. The molecule has 1 aliphatic rings. The van der Waals surface area contributed by atoms with Crippen molar-refractivity contribution in [3.63, 3.8) is 0 Å². The Hall–Kier alpha value is -2.80. The molecule has 0 aliphatic heterocycles. The number of fused-ring (bicyclic) bond motifs is 1. The van der Waals surface area contributed by atoms with E-state index < -0.39 is 5.91 Å². The van der Waals surface area contributed by atoms with E-state index in [4.69, 9.17) is 9.47 Å². The van der Waals surface area contributed by atoms with E-state index in [9.17, 15) is 9.59 Å². The number of aryl methyl sites for hydroxylation is 1. The molecule has 0 saturated heterocycles. The van der Waals surface area contributed by atoms with E-state index in [2.05, 4.69) is 17.8 Å². The first kappa shape index (κ1) is 20.9. The van der Waals surface area contributed by atoms with Crippen LogP contribution in [0.2, 0.25) is 0 Å². The molecule has 1 aromatic heterocycles. The van der Waals surface area contributed by atoms with E-state index in [0.29, 0.717) is 27.9 Å². The molecule has 154 valence electrons. The molecule has 2 amide bonds. The maximum atomic E-state index is 12.4. The minimum absolute atomic E-state index is 0.293. The quantitative estimate of drug-likeness (QED) is 0.557. The Kier molecular flexibility index (Phi) is 6.93. The Morgan fingerprint density at radius 2 is 2.07 bits per heavy atom. The molecule has 29 heavy (non-hydrogen) atoms. The molecule has 6 nitrogen and oxygen atoms in total. The summed E-state index contributed by atoms with van der Waals surface area (Å²) in [6.07, 6.45) is 7.36. The third-order valence-corrected chi connectivity index (χ3v) is 6.37. The van der Waals surface area contributed by atoms with Gasteiger partial charge in [-0.15, -0.1) is 11.3 Å². The normalized spacial score (nSPS) is 15.6. The van der Waals surface area contributed by atoms with Gasteiger partial charge in [0.2, 0.25) is 0 Å². The highest BCUT2D eigenvalue weighted by Crippen LogP contribution is 2.33. The van der Waals surface area contributed by atoms with Crippen molar-refractivity contribution >= 4 is 29.2 Å². The zero-order valence-electron chi connectivity index (χ0n) is 16.9. The summed E-state index contributed by atoms with van der Waals surface area (Å²) >= 11 is 1.52. The number of para-hydroxylation sites is 1. The smallest absolute Gasteiger partial charge is 0.279 e. The van der Waals surface area contributed by atoms with Gasteiger partial charge in [-0.2, -0.15) is 0 Å². The van der Waals surface area contributed by atoms with Crippen molar-refractivity contribution in [2.75, 3.05) is 14.2 Å². The first-order chi connectivity index (χ1) is 14.0. The van der Waals surface area contributed by atoms with Crippen LogP contribution in [-0.4, -0.2) is 26.0 Å². The van der Waals surface area contributed by atoms with Crippen LogP contribution in [0.1, 0.15) is 45.4 Å². The topological polar surface area (TPSA) is 76.7 Å². The van der Waals surface area contributed by atoms with Crippen LogP contribution in [0.4, 0.5) is 0 Å². The van der Waals surface area contributed by atoms with Gasteiger partial charge in [0.25, 0.3) is 11.8 Å². The fourth-order valence-electron chi connectivity index (χ4n) is 3.49. The Morgan fingerprint density at radius 3 is 2.79 bits per heavy atom. The number of thiophene rings is 1. The maximum Gasteiger partial charge on any atom is 0.279 e. The summed E-state index contributed by atoms with van der Waals surface area (Å²) in [6.45, 7) is 2.21. The standard InChI is InChI=1S/C22H26N2O4S/c1-4-14-8-10-18-16(12-14)13-19(29-18)22(26)24-23-20(25)11-9-15-6-5-7-17(27-2)21(15)28-3/h5-7,9,11,13-14H,4,8,10,12H2,1-3H3,(H,23,25)(H,24,26)/b11-9+/t14-/m0/s1. The highest BCUT2D eigenvalue weighted by Gasteiger charge is 2.22. The predicted molar refractivity (Wildman–Crippen MR) is 114 cm³/mol. The van der Waals surface area contributed by atoms with Gasteiger partial charge in [0.1, 0.15) is 0 Å². The molecule has 0 fully saturated rings. The molecule has 0 bridgehead atoms. The van der Waals surface area contributed by atoms with Crippen molar-refractivity contribution in [3.05, 3.63) is 51.2 Å². The number of carbonyl (C=O) groups excluding carboxylic acids is 2. The summed E-state index contributed by atoms with van der Waals surface area (Å²) in [7, 11) is 3.09. The van der Waals surface area contributed by atoms with Gasteiger partial charge >= 0.3 is 0 Å². The van der Waals surface area contributed by atoms with E-state index in [-0.39, 0.29) is 5.91 Å². The van der Waals surface area contributed by atoms with Crippen LogP contribution in [0.5, 0.6) is 11.5 Å². The third-order valence-electron chi connectivity index (χ3n) is 5.13. The van der Waals surface area contributed by atoms with Crippen molar-refractivity contribution in [1.82, 2.24) is 10.9 Å². The van der Waals surface area contributed by atoms with Crippen molar-refractivity contribution in [1.29, 1.82) is 0 Å². The zero-order valence-corrected chi connectivity index (χ0v) is 17.7. The Labute approximate surface area is 174 Å². The molecule has 3 rings (SSSR count). The van der Waals surface area contributed by atoms with E-state index in [0.717, 1.165) is 19.3 Å². The minimum Gasteiger partial charge on any atom is -0.493 e. The van der Waals surface area contributed by atoms with Crippen molar-refractivity contribution in [3.8, 4) is 11.5 Å². The van der Waals surface area contributed by atoms with Crippen molar-refractivity contribution in [2.24, 2.45) is 5.92 Å². The van der Waals surface area contributed by atoms with Gasteiger partial charge in [0, 0.05) is 16.5 Å². The Balaban J connectivity index is 1.58. The monoisotopic (exact) mass is 414 g/mol. The first-order valence-corrected chi connectivity index (χ1v) is 10.5. The van der Waals surface area contributed by atoms with Crippen LogP contribution in [0, 0.1) is 5.92 Å². The highest BCUT2D eigenvalue weighted by atomic mass is 32.1. The van der Waals surface area contributed by atoms with Crippen LogP contribution >= 0.6 is 11.3 Å². The molecule has 7 heteroatoms. The van der Waals surface area contributed by atoms with E-state index in [1.54, 1.807) is 26.4 Å². The molecule has 0 spiro atoms. The van der Waals surface area contributed by atoms with Gasteiger partial charge in [0.15, 0.2) is 11.5 Å². The second-order valence-corrected chi connectivity index (χ2v) is 8.07. The van der Waals surface area contributed by atoms with Crippen molar-refractivity contribution in [2.45, 2.75) is 32.6 Å². The van der Waals surface area contributed by atoms with E-state index >= 15 is 0 Å². The summed E-state index contributed by atoms with van der Waals surface area (Å²) < 4.78 is 10.6. The van der Waals surface area contributed by atoms with Gasteiger partial charge in [-0.05, 0) is 49.0 Å². The molecule has 0 unspecified atom stereocenters. The summed E-state index contributed by atoms with van der Waals surface area (Å²) in [5.74, 6) is 1.09. The van der Waals surface area contributed by atoms with Crippen molar-refractivity contribution < 1.29 is 19.1 Å². The Bertz CT molecular complexity index is 920. The minimum atomic E-state index is -0.435. The van der Waals surface area contributed by atoms with Gasteiger partial charge in [0.05, 0.1) is 19.1 Å². The molecule has 1 aliphatic carbocycles. The number of hydrazine groups is 1. The van der Waals surface area contributed by atoms with Gasteiger partial charge in [-0.1, -0.05) is 25.5 Å². The third kappa shape index (κ3) is 4.98. The zero-order chi connectivity index (χ0) is 20.8. The predicted octanol–water partition coefficient (Wildman–Crippen LogP) is 3.75. The summed E-state index contributed by atoms with van der Waals surface area (Å²) in [4.78, 5) is 26.4. The fraction of sp³-hybridized carbons (Fsp3) is 0.364. The lowest BCUT2D eigenvalue weighted by atomic mass is 9.87. The van der Waals surface area contributed by atoms with Crippen LogP contribution in [0.3, 0.4) is 0 Å². The molecule has 0 saturated carbocycles. The molecule has 1 atom stereocenters. The number of hydrogen-bond donors (Lipinski definition) is 2. The molecule has 2 aromatic rings. The van der Waals surface area contributed by atoms with Crippen LogP contribution < -0.4 is 20.3 Å². The van der Waals surface area contributed by atoms with E-state index in [1.807, 2.05) is 18.2 Å². The number of nitrogens with one attached hydrogen (secondary N) is 2. The maximum absolute atomic E-state index is 12.4. The molecule has 2 N–H and O–H groups in total. The lowest BCUT2D eigenvalue weighted by Crippen LogP contribution is -2.40. The van der Waals surface area contributed by atoms with Crippen LogP contribution in [0.15, 0.2) is 30.3 Å². The number of amides is 2. The lowest BCUT2D eigenvalue weighted by molar-refractivity contribution is -0.117. The number of ether oxygens (including phenoxy) is 2. The Morgan fingerprint density at radius 1 is 1.24 bits per heavy atom. The van der Waals surface area contributed by atoms with Gasteiger partial charge < -0.3 is 9.47 Å². The second-order valence-electron chi connectivity index (χ2n) is 6.94. The molecular formula is C22H26N2O4S. The summed E-state index contributed by atoms with van der Waals surface area (Å²) in [5.41, 5.74) is 6.88. The number of rotatable bonds is 6. The first-order valence-electron chi connectivity index (χ1n) is 9.66. The van der Waals surface area contributed by atoms with Gasteiger partial charge in [-0.3, -0.25) is 20.4 Å². The lowest BCUT2D eigenvalue weighted by Gasteiger charge is -2.19. The molecule has 1 heterocycles. The van der Waals surface area contributed by atoms with Crippen LogP contribution in [0.25, 0.3) is 6.08 Å². The number of benzene rings is 1. The number of methoxy groups -OCH3 is 2. The molecule has 1 aromatic carbocycles. The summed E-state index contributed by atoms with van der Waals surface area (Å²) in [6, 6.07) is 7.35. The van der Waals surface area contributed by atoms with Gasteiger partial charge in [-0.25, -0.2) is 0 Å². The number of hydrogen-bond acceptors (Lipinski definition) is 5. The average molecular weight is 415 g/mol. The molecular weight excluding hydrogens is 388 g/mol.